The summed E-state index contributed by atoms with van der Waals surface area (Å²) in [7, 11) is 0. The summed E-state index contributed by atoms with van der Waals surface area (Å²) in [6.45, 7) is 3.65. The smallest absolute Gasteiger partial charge is 0.245 e. The van der Waals surface area contributed by atoms with Crippen molar-refractivity contribution in [2.24, 2.45) is 0 Å². The van der Waals surface area contributed by atoms with E-state index in [1.165, 1.54) is 0 Å². The van der Waals surface area contributed by atoms with Gasteiger partial charge in [0.05, 0.1) is 0 Å². The minimum absolute atomic E-state index is 0.0297. The Bertz CT molecular complexity index is 635. The van der Waals surface area contributed by atoms with Crippen molar-refractivity contribution in [3.05, 3.63) is 41.7 Å². The Morgan fingerprint density at radius 1 is 1.43 bits per heavy atom. The van der Waals surface area contributed by atoms with E-state index in [-0.39, 0.29) is 11.9 Å². The lowest BCUT2D eigenvalue weighted by atomic mass is 10.0. The van der Waals surface area contributed by atoms with Crippen LogP contribution in [0.4, 0.5) is 0 Å². The van der Waals surface area contributed by atoms with Gasteiger partial charge in [-0.3, -0.25) is 4.79 Å². The molecule has 3 rings (SSSR count). The molecule has 1 fully saturated rings. The van der Waals surface area contributed by atoms with Gasteiger partial charge in [0.1, 0.15) is 11.9 Å². The third-order valence-corrected chi connectivity index (χ3v) is 4.17. The molecule has 1 amide bonds. The first-order valence-electron chi connectivity index (χ1n) is 8.03. The number of hydrogen-bond acceptors (Lipinski definition) is 5. The first-order chi connectivity index (χ1) is 11.2. The van der Waals surface area contributed by atoms with E-state index in [1.807, 2.05) is 37.3 Å². The minimum atomic E-state index is -0.436. The number of benzene rings is 1. The number of nitrogens with zero attached hydrogens (tertiary/aromatic N) is 4. The number of rotatable bonds is 5. The highest BCUT2D eigenvalue weighted by atomic mass is 16.2. The van der Waals surface area contributed by atoms with Crippen molar-refractivity contribution in [2.45, 2.75) is 38.3 Å². The summed E-state index contributed by atoms with van der Waals surface area (Å²) in [4.78, 5) is 12.8. The van der Waals surface area contributed by atoms with Crippen LogP contribution in [0.2, 0.25) is 0 Å². The van der Waals surface area contributed by atoms with Crippen molar-refractivity contribution < 1.29 is 4.79 Å². The molecule has 1 aliphatic rings. The van der Waals surface area contributed by atoms with Crippen LogP contribution >= 0.6 is 0 Å². The number of tetrazole rings is 1. The quantitative estimate of drug-likeness (QED) is 0.846. The third kappa shape index (κ3) is 3.92. The molecular formula is C16H22N6O. The lowest BCUT2D eigenvalue weighted by Gasteiger charge is -2.26. The molecule has 0 bridgehead atoms. The predicted octanol–water partition coefficient (Wildman–Crippen LogP) is 0.634. The van der Waals surface area contributed by atoms with Crippen LogP contribution in [0.25, 0.3) is 0 Å². The first kappa shape index (κ1) is 15.6. The Morgan fingerprint density at radius 3 is 2.91 bits per heavy atom. The Labute approximate surface area is 135 Å². The van der Waals surface area contributed by atoms with Crippen LogP contribution in [0, 0.1) is 6.92 Å². The van der Waals surface area contributed by atoms with Gasteiger partial charge < -0.3 is 10.6 Å². The topological polar surface area (TPSA) is 84.7 Å². The average molecular weight is 314 g/mol. The molecule has 2 heterocycles. The molecule has 23 heavy (non-hydrogen) atoms. The van der Waals surface area contributed by atoms with Crippen LogP contribution in [-0.2, 0) is 11.2 Å². The van der Waals surface area contributed by atoms with E-state index < -0.39 is 6.04 Å². The fourth-order valence-corrected chi connectivity index (χ4v) is 2.93. The summed E-state index contributed by atoms with van der Waals surface area (Å²) in [6, 6.07) is 9.68. The van der Waals surface area contributed by atoms with Gasteiger partial charge >= 0.3 is 0 Å². The number of nitrogens with one attached hydrogen (secondary N) is 2. The standard InChI is InChI=1S/C16H22N6O/c1-12-19-20-21-22(12)15(10-13-6-3-2-4-7-13)16(23)18-14-8-5-9-17-11-14/h2-4,6-7,14-15,17H,5,8-11H2,1H3,(H,18,23)/t14-,15?/m0/s1. The van der Waals surface area contributed by atoms with E-state index in [4.69, 9.17) is 0 Å². The lowest BCUT2D eigenvalue weighted by Crippen LogP contribution is -2.48. The molecule has 2 aromatic rings. The second kappa shape index (κ2) is 7.32. The fourth-order valence-electron chi connectivity index (χ4n) is 2.93. The summed E-state index contributed by atoms with van der Waals surface area (Å²) < 4.78 is 1.61. The van der Waals surface area contributed by atoms with E-state index in [0.717, 1.165) is 31.5 Å². The maximum atomic E-state index is 12.8. The monoisotopic (exact) mass is 314 g/mol. The second-order valence-electron chi connectivity index (χ2n) is 5.93. The molecule has 7 heteroatoms. The molecule has 1 aromatic heterocycles. The van der Waals surface area contributed by atoms with Gasteiger partial charge in [-0.25, -0.2) is 4.68 Å². The van der Waals surface area contributed by atoms with Crippen LogP contribution in [0.3, 0.4) is 0 Å². The normalized spacial score (nSPS) is 19.3. The van der Waals surface area contributed by atoms with Crippen LogP contribution in [0.1, 0.15) is 30.3 Å². The maximum Gasteiger partial charge on any atom is 0.245 e. The lowest BCUT2D eigenvalue weighted by molar-refractivity contribution is -0.125. The van der Waals surface area contributed by atoms with Crippen molar-refractivity contribution in [3.63, 3.8) is 0 Å². The average Bonchev–Trinajstić information content (AvgIpc) is 3.00. The van der Waals surface area contributed by atoms with Crippen LogP contribution in [-0.4, -0.2) is 45.2 Å². The van der Waals surface area contributed by atoms with Gasteiger partial charge in [0.15, 0.2) is 0 Å². The molecule has 1 aromatic carbocycles. The fraction of sp³-hybridized carbons (Fsp3) is 0.500. The zero-order valence-electron chi connectivity index (χ0n) is 13.3. The Morgan fingerprint density at radius 2 is 2.26 bits per heavy atom. The van der Waals surface area contributed by atoms with Crippen LogP contribution < -0.4 is 10.6 Å². The predicted molar refractivity (Wildman–Crippen MR) is 85.8 cm³/mol. The number of aryl methyl sites for hydroxylation is 1. The zero-order chi connectivity index (χ0) is 16.1. The van der Waals surface area contributed by atoms with E-state index in [0.29, 0.717) is 12.2 Å². The van der Waals surface area contributed by atoms with Gasteiger partial charge in [-0.2, -0.15) is 0 Å². The molecule has 122 valence electrons. The Hall–Kier alpha value is -2.28. The van der Waals surface area contributed by atoms with Crippen molar-refractivity contribution >= 4 is 5.91 Å². The van der Waals surface area contributed by atoms with Gasteiger partial charge in [-0.1, -0.05) is 30.3 Å². The molecule has 0 aliphatic carbocycles. The van der Waals surface area contributed by atoms with E-state index >= 15 is 0 Å². The number of aromatic nitrogens is 4. The molecule has 2 atom stereocenters. The van der Waals surface area contributed by atoms with Gasteiger partial charge in [-0.05, 0) is 42.3 Å². The van der Waals surface area contributed by atoms with Crippen molar-refractivity contribution in [1.29, 1.82) is 0 Å². The molecule has 0 saturated carbocycles. The van der Waals surface area contributed by atoms with E-state index in [2.05, 4.69) is 26.2 Å². The zero-order valence-corrected chi connectivity index (χ0v) is 13.3. The van der Waals surface area contributed by atoms with Crippen molar-refractivity contribution in [1.82, 2.24) is 30.8 Å². The highest BCUT2D eigenvalue weighted by Gasteiger charge is 2.26. The second-order valence-corrected chi connectivity index (χ2v) is 5.93. The van der Waals surface area contributed by atoms with Gasteiger partial charge in [0, 0.05) is 19.0 Å². The third-order valence-electron chi connectivity index (χ3n) is 4.17. The Kier molecular flexibility index (Phi) is 4.97. The molecule has 1 saturated heterocycles. The maximum absolute atomic E-state index is 12.8. The molecule has 0 spiro atoms. The molecule has 0 radical (unpaired) electrons. The van der Waals surface area contributed by atoms with E-state index in [9.17, 15) is 4.79 Å². The first-order valence-corrected chi connectivity index (χ1v) is 8.03. The van der Waals surface area contributed by atoms with Crippen molar-refractivity contribution in [3.8, 4) is 0 Å². The summed E-state index contributed by atoms with van der Waals surface area (Å²) in [6.07, 6.45) is 2.66. The van der Waals surface area contributed by atoms with Gasteiger partial charge in [0.25, 0.3) is 0 Å². The molecule has 1 unspecified atom stereocenters. The number of piperidine rings is 1. The molecule has 1 aliphatic heterocycles. The highest BCUT2D eigenvalue weighted by molar-refractivity contribution is 5.80. The molecular weight excluding hydrogens is 292 g/mol. The summed E-state index contributed by atoms with van der Waals surface area (Å²) >= 11 is 0. The molecule has 2 N–H and O–H groups in total. The number of carbonyl (C=O) groups is 1. The van der Waals surface area contributed by atoms with Crippen LogP contribution in [0.15, 0.2) is 30.3 Å². The number of hydrogen-bond donors (Lipinski definition) is 2. The number of carbonyl (C=O) groups excluding carboxylic acids is 1. The van der Waals surface area contributed by atoms with Crippen LogP contribution in [0.5, 0.6) is 0 Å². The van der Waals surface area contributed by atoms with Gasteiger partial charge in [0.2, 0.25) is 5.91 Å². The highest BCUT2D eigenvalue weighted by Crippen LogP contribution is 2.16. The Balaban J connectivity index is 1.77. The van der Waals surface area contributed by atoms with Crippen molar-refractivity contribution in [2.75, 3.05) is 13.1 Å². The number of amides is 1. The SMILES string of the molecule is Cc1nnnn1C(Cc1ccccc1)C(=O)N[C@H]1CCCNC1. The molecule has 7 nitrogen and oxygen atoms in total. The largest absolute Gasteiger partial charge is 0.350 e. The summed E-state index contributed by atoms with van der Waals surface area (Å²) in [5, 5.41) is 18.1. The van der Waals surface area contributed by atoms with E-state index in [1.54, 1.807) is 4.68 Å². The minimum Gasteiger partial charge on any atom is -0.350 e. The van der Waals surface area contributed by atoms with Gasteiger partial charge in [-0.15, -0.1) is 5.10 Å². The summed E-state index contributed by atoms with van der Waals surface area (Å²) in [5.74, 6) is 0.612. The summed E-state index contributed by atoms with van der Waals surface area (Å²) in [5.41, 5.74) is 1.09.